The summed E-state index contributed by atoms with van der Waals surface area (Å²) in [4.78, 5) is 12.1. The first kappa shape index (κ1) is 14.1. The van der Waals surface area contributed by atoms with E-state index < -0.39 is 0 Å². The first-order valence-corrected chi connectivity index (χ1v) is 7.65. The minimum atomic E-state index is -0.0798. The van der Waals surface area contributed by atoms with Crippen LogP contribution in [0.2, 0.25) is 0 Å². The molecule has 1 amide bonds. The molecule has 2 rings (SSSR count). The lowest BCUT2D eigenvalue weighted by molar-refractivity contribution is 0.0946. The van der Waals surface area contributed by atoms with Crippen molar-refractivity contribution in [2.24, 2.45) is 5.92 Å². The summed E-state index contributed by atoms with van der Waals surface area (Å²) in [5, 5.41) is 2.99. The number of rotatable bonds is 4. The van der Waals surface area contributed by atoms with Gasteiger partial charge >= 0.3 is 0 Å². The molecule has 0 spiro atoms. The largest absolute Gasteiger partial charge is 0.497 e. The van der Waals surface area contributed by atoms with Crippen LogP contribution in [0.3, 0.4) is 0 Å². The van der Waals surface area contributed by atoms with Crippen molar-refractivity contribution in [3.8, 4) is 5.75 Å². The first-order valence-electron chi connectivity index (χ1n) is 6.49. The number of anilines is 1. The standard InChI is InChI=1S/C14H20N2O2S/c1-18-13-7-11(6-12(15)8-13)14(17)16-9-10-2-4-19-5-3-10/h6-8,10H,2-5,9,15H2,1H3,(H,16,17). The van der Waals surface area contributed by atoms with Crippen molar-refractivity contribution < 1.29 is 9.53 Å². The third-order valence-corrected chi connectivity index (χ3v) is 4.37. The maximum absolute atomic E-state index is 12.1. The Morgan fingerprint density at radius 1 is 1.42 bits per heavy atom. The molecule has 1 aliphatic rings. The third kappa shape index (κ3) is 4.06. The normalized spacial score (nSPS) is 16.1. The van der Waals surface area contributed by atoms with Gasteiger partial charge in [0.25, 0.3) is 5.91 Å². The lowest BCUT2D eigenvalue weighted by Gasteiger charge is -2.21. The Hall–Kier alpha value is -1.36. The number of benzene rings is 1. The van der Waals surface area contributed by atoms with Crippen molar-refractivity contribution in [2.45, 2.75) is 12.8 Å². The van der Waals surface area contributed by atoms with Crippen molar-refractivity contribution in [2.75, 3.05) is 30.9 Å². The minimum absolute atomic E-state index is 0.0798. The van der Waals surface area contributed by atoms with Crippen LogP contribution in [0.15, 0.2) is 18.2 Å². The van der Waals surface area contributed by atoms with Crippen molar-refractivity contribution in [3.63, 3.8) is 0 Å². The van der Waals surface area contributed by atoms with E-state index in [9.17, 15) is 4.79 Å². The smallest absolute Gasteiger partial charge is 0.251 e. The second kappa shape index (κ2) is 6.70. The number of nitrogens with one attached hydrogen (secondary N) is 1. The van der Waals surface area contributed by atoms with Crippen LogP contribution >= 0.6 is 11.8 Å². The molecule has 1 saturated heterocycles. The number of thioether (sulfide) groups is 1. The number of amides is 1. The zero-order chi connectivity index (χ0) is 13.7. The average molecular weight is 280 g/mol. The van der Waals surface area contributed by atoms with Crippen molar-refractivity contribution in [3.05, 3.63) is 23.8 Å². The van der Waals surface area contributed by atoms with Crippen LogP contribution in [-0.2, 0) is 0 Å². The van der Waals surface area contributed by atoms with Crippen LogP contribution < -0.4 is 15.8 Å². The predicted octanol–water partition coefficient (Wildman–Crippen LogP) is 2.15. The van der Waals surface area contributed by atoms with Gasteiger partial charge in [0, 0.05) is 23.9 Å². The Morgan fingerprint density at radius 3 is 2.84 bits per heavy atom. The van der Waals surface area contributed by atoms with Gasteiger partial charge in [0.2, 0.25) is 0 Å². The van der Waals surface area contributed by atoms with E-state index in [4.69, 9.17) is 10.5 Å². The molecular weight excluding hydrogens is 260 g/mol. The van der Waals surface area contributed by atoms with Crippen LogP contribution in [0, 0.1) is 5.92 Å². The Morgan fingerprint density at radius 2 is 2.16 bits per heavy atom. The summed E-state index contributed by atoms with van der Waals surface area (Å²) in [6.45, 7) is 0.747. The van der Waals surface area contributed by atoms with Gasteiger partial charge < -0.3 is 15.8 Å². The van der Waals surface area contributed by atoms with E-state index in [1.807, 2.05) is 11.8 Å². The van der Waals surface area contributed by atoms with Crippen LogP contribution in [0.1, 0.15) is 23.2 Å². The van der Waals surface area contributed by atoms with E-state index >= 15 is 0 Å². The minimum Gasteiger partial charge on any atom is -0.497 e. The third-order valence-electron chi connectivity index (χ3n) is 3.32. The topological polar surface area (TPSA) is 64.3 Å². The van der Waals surface area contributed by atoms with E-state index in [0.717, 1.165) is 6.54 Å². The molecule has 1 aromatic rings. The van der Waals surface area contributed by atoms with Crippen molar-refractivity contribution in [1.29, 1.82) is 0 Å². The van der Waals surface area contributed by atoms with Gasteiger partial charge in [-0.3, -0.25) is 4.79 Å². The summed E-state index contributed by atoms with van der Waals surface area (Å²) in [7, 11) is 1.57. The number of carbonyl (C=O) groups is 1. The summed E-state index contributed by atoms with van der Waals surface area (Å²) in [5.74, 6) is 3.54. The molecule has 4 nitrogen and oxygen atoms in total. The lowest BCUT2D eigenvalue weighted by atomic mass is 10.0. The molecule has 104 valence electrons. The van der Waals surface area contributed by atoms with Gasteiger partial charge in [0.05, 0.1) is 7.11 Å². The molecule has 0 aromatic heterocycles. The quantitative estimate of drug-likeness (QED) is 0.830. The van der Waals surface area contributed by atoms with E-state index in [1.165, 1.54) is 24.3 Å². The Balaban J connectivity index is 1.93. The molecular formula is C14H20N2O2S. The Labute approximate surface area is 118 Å². The highest BCUT2D eigenvalue weighted by atomic mass is 32.2. The molecule has 1 aromatic carbocycles. The SMILES string of the molecule is COc1cc(N)cc(C(=O)NCC2CCSCC2)c1. The summed E-state index contributed by atoms with van der Waals surface area (Å²) >= 11 is 1.99. The van der Waals surface area contributed by atoms with Crippen LogP contribution in [0.5, 0.6) is 5.75 Å². The van der Waals surface area contributed by atoms with Crippen LogP contribution in [-0.4, -0.2) is 31.1 Å². The summed E-state index contributed by atoms with van der Waals surface area (Å²) < 4.78 is 5.12. The van der Waals surface area contributed by atoms with Gasteiger partial charge in [0.1, 0.15) is 5.75 Å². The highest BCUT2D eigenvalue weighted by molar-refractivity contribution is 7.99. The molecule has 0 bridgehead atoms. The van der Waals surface area contributed by atoms with Crippen molar-refractivity contribution in [1.82, 2.24) is 5.32 Å². The van der Waals surface area contributed by atoms with Gasteiger partial charge in [-0.05, 0) is 42.4 Å². The Bertz CT molecular complexity index is 445. The van der Waals surface area contributed by atoms with Gasteiger partial charge in [-0.1, -0.05) is 0 Å². The summed E-state index contributed by atoms with van der Waals surface area (Å²) in [5.41, 5.74) is 6.85. The van der Waals surface area contributed by atoms with Gasteiger partial charge in [0.15, 0.2) is 0 Å². The second-order valence-corrected chi connectivity index (χ2v) is 5.99. The van der Waals surface area contributed by atoms with Crippen LogP contribution in [0.25, 0.3) is 0 Å². The molecule has 3 N–H and O–H groups in total. The maximum Gasteiger partial charge on any atom is 0.251 e. The number of ether oxygens (including phenoxy) is 1. The number of hydrogen-bond donors (Lipinski definition) is 2. The molecule has 1 aliphatic heterocycles. The highest BCUT2D eigenvalue weighted by Crippen LogP contribution is 2.22. The number of methoxy groups -OCH3 is 1. The van der Waals surface area contributed by atoms with E-state index in [2.05, 4.69) is 5.32 Å². The molecule has 1 heterocycles. The zero-order valence-electron chi connectivity index (χ0n) is 11.1. The maximum atomic E-state index is 12.1. The fourth-order valence-electron chi connectivity index (χ4n) is 2.16. The molecule has 0 saturated carbocycles. The van der Waals surface area contributed by atoms with Gasteiger partial charge in [-0.15, -0.1) is 0 Å². The van der Waals surface area contributed by atoms with Crippen molar-refractivity contribution >= 4 is 23.4 Å². The fourth-order valence-corrected chi connectivity index (χ4v) is 3.36. The van der Waals surface area contributed by atoms with E-state index in [0.29, 0.717) is 22.9 Å². The second-order valence-electron chi connectivity index (χ2n) is 4.76. The van der Waals surface area contributed by atoms with E-state index in [-0.39, 0.29) is 5.91 Å². The number of nitrogen functional groups attached to an aromatic ring is 1. The molecule has 0 unspecified atom stereocenters. The molecule has 0 atom stereocenters. The van der Waals surface area contributed by atoms with Gasteiger partial charge in [-0.25, -0.2) is 0 Å². The summed E-state index contributed by atoms with van der Waals surface area (Å²) in [6, 6.07) is 5.09. The van der Waals surface area contributed by atoms with Crippen LogP contribution in [0.4, 0.5) is 5.69 Å². The number of hydrogen-bond acceptors (Lipinski definition) is 4. The number of carbonyl (C=O) groups excluding carboxylic acids is 1. The summed E-state index contributed by atoms with van der Waals surface area (Å²) in [6.07, 6.45) is 2.37. The zero-order valence-corrected chi connectivity index (χ0v) is 12.0. The first-order chi connectivity index (χ1) is 9.19. The Kier molecular flexibility index (Phi) is 4.96. The molecule has 5 heteroatoms. The predicted molar refractivity (Wildman–Crippen MR) is 79.8 cm³/mol. The lowest BCUT2D eigenvalue weighted by Crippen LogP contribution is -2.31. The monoisotopic (exact) mass is 280 g/mol. The fraction of sp³-hybridized carbons (Fsp3) is 0.500. The number of nitrogens with two attached hydrogens (primary N) is 1. The van der Waals surface area contributed by atoms with E-state index in [1.54, 1.807) is 25.3 Å². The molecule has 1 fully saturated rings. The molecule has 0 aliphatic carbocycles. The molecule has 0 radical (unpaired) electrons. The van der Waals surface area contributed by atoms with Gasteiger partial charge in [-0.2, -0.15) is 11.8 Å². The highest BCUT2D eigenvalue weighted by Gasteiger charge is 2.15. The average Bonchev–Trinajstić information content (AvgIpc) is 2.45. The molecule has 19 heavy (non-hydrogen) atoms.